The lowest BCUT2D eigenvalue weighted by molar-refractivity contribution is -0.127. The molecular formula is C16H24N2O3S. The largest absolute Gasteiger partial charge is 0.349 e. The first-order valence-corrected chi connectivity index (χ1v) is 9.25. The Labute approximate surface area is 132 Å². The van der Waals surface area contributed by atoms with Gasteiger partial charge in [0.25, 0.3) is 0 Å². The lowest BCUT2D eigenvalue weighted by Gasteiger charge is -2.27. The molecule has 0 radical (unpaired) electrons. The molecular weight excluding hydrogens is 300 g/mol. The number of carbonyl (C=O) groups is 1. The van der Waals surface area contributed by atoms with Gasteiger partial charge >= 0.3 is 0 Å². The minimum absolute atomic E-state index is 0.0556. The van der Waals surface area contributed by atoms with Crippen LogP contribution in [0.4, 0.5) is 0 Å². The maximum Gasteiger partial charge on any atom is 0.238 e. The summed E-state index contributed by atoms with van der Waals surface area (Å²) in [5.74, 6) is 0.707. The van der Waals surface area contributed by atoms with Crippen LogP contribution in [0.2, 0.25) is 0 Å². The number of carbonyl (C=O) groups excluding carboxylic acids is 1. The van der Waals surface area contributed by atoms with Gasteiger partial charge in [0.15, 0.2) is 0 Å². The van der Waals surface area contributed by atoms with E-state index in [2.05, 4.69) is 12.2 Å². The van der Waals surface area contributed by atoms with Crippen LogP contribution in [0.25, 0.3) is 0 Å². The predicted molar refractivity (Wildman–Crippen MR) is 85.5 cm³/mol. The van der Waals surface area contributed by atoms with Crippen LogP contribution in [-0.4, -0.2) is 14.3 Å². The molecule has 1 saturated carbocycles. The Bertz CT molecular complexity index is 643. The van der Waals surface area contributed by atoms with Crippen LogP contribution in [0.3, 0.4) is 0 Å². The first-order chi connectivity index (χ1) is 10.3. The lowest BCUT2D eigenvalue weighted by Crippen LogP contribution is -2.35. The van der Waals surface area contributed by atoms with Gasteiger partial charge < -0.3 is 5.32 Å². The molecule has 0 spiro atoms. The van der Waals surface area contributed by atoms with Gasteiger partial charge in [-0.15, -0.1) is 0 Å². The van der Waals surface area contributed by atoms with E-state index in [4.69, 9.17) is 5.14 Å². The van der Waals surface area contributed by atoms with E-state index in [1.165, 1.54) is 18.6 Å². The summed E-state index contributed by atoms with van der Waals surface area (Å²) in [5.41, 5.74) is 0.740. The maximum atomic E-state index is 12.4. The Kier molecular flexibility index (Phi) is 5.24. The summed E-state index contributed by atoms with van der Waals surface area (Å²) in [6, 6.07) is 6.16. The summed E-state index contributed by atoms with van der Waals surface area (Å²) in [4.78, 5) is 12.4. The Hall–Kier alpha value is -1.40. The molecule has 22 heavy (non-hydrogen) atoms. The van der Waals surface area contributed by atoms with Gasteiger partial charge in [0.05, 0.1) is 10.9 Å². The number of sulfonamides is 1. The quantitative estimate of drug-likeness (QED) is 0.891. The van der Waals surface area contributed by atoms with Gasteiger partial charge in [-0.1, -0.05) is 31.9 Å². The summed E-state index contributed by atoms with van der Waals surface area (Å²) in [5, 5.41) is 8.13. The number of benzene rings is 1. The Morgan fingerprint density at radius 2 is 2.09 bits per heavy atom. The van der Waals surface area contributed by atoms with Gasteiger partial charge in [-0.2, -0.15) is 0 Å². The average Bonchev–Trinajstić information content (AvgIpc) is 2.46. The summed E-state index contributed by atoms with van der Waals surface area (Å²) in [6.45, 7) is 4.03. The number of hydrogen-bond donors (Lipinski definition) is 2. The van der Waals surface area contributed by atoms with E-state index in [1.807, 2.05) is 6.92 Å². The van der Waals surface area contributed by atoms with Gasteiger partial charge in [0.1, 0.15) is 0 Å². The maximum absolute atomic E-state index is 12.4. The minimum atomic E-state index is -3.73. The Morgan fingerprint density at radius 1 is 1.36 bits per heavy atom. The van der Waals surface area contributed by atoms with Gasteiger partial charge in [0.2, 0.25) is 15.9 Å². The second-order valence-electron chi connectivity index (χ2n) is 6.32. The van der Waals surface area contributed by atoms with Crippen molar-refractivity contribution in [3.8, 4) is 0 Å². The molecule has 3 atom stereocenters. The van der Waals surface area contributed by atoms with Crippen LogP contribution in [0.15, 0.2) is 29.2 Å². The van der Waals surface area contributed by atoms with E-state index in [1.54, 1.807) is 12.1 Å². The number of primary sulfonamides is 1. The molecule has 0 aromatic heterocycles. The predicted octanol–water partition coefficient (Wildman–Crippen LogP) is 2.34. The summed E-state index contributed by atoms with van der Waals surface area (Å²) >= 11 is 0. The van der Waals surface area contributed by atoms with Crippen molar-refractivity contribution in [2.45, 2.75) is 50.5 Å². The first kappa shape index (κ1) is 17.0. The van der Waals surface area contributed by atoms with Crippen molar-refractivity contribution >= 4 is 15.9 Å². The first-order valence-electron chi connectivity index (χ1n) is 7.70. The van der Waals surface area contributed by atoms with Gasteiger partial charge in [-0.25, -0.2) is 13.6 Å². The number of nitrogens with one attached hydrogen (secondary N) is 1. The standard InChI is InChI=1S/C16H24N2O3S/c1-11-5-3-7-14(9-11)16(19)18-12(2)13-6-4-8-15(10-13)22(17,20)21/h4,6,8,10-12,14H,3,5,7,9H2,1-2H3,(H,18,19)(H2,17,20,21)/t11-,12+,14+/m1/s1. The van der Waals surface area contributed by atoms with Crippen molar-refractivity contribution in [1.29, 1.82) is 0 Å². The summed E-state index contributed by atoms with van der Waals surface area (Å²) in [7, 11) is -3.73. The Balaban J connectivity index is 2.05. The molecule has 0 saturated heterocycles. The second kappa shape index (κ2) is 6.79. The highest BCUT2D eigenvalue weighted by atomic mass is 32.2. The van der Waals surface area contributed by atoms with Crippen molar-refractivity contribution in [2.75, 3.05) is 0 Å². The molecule has 6 heteroatoms. The van der Waals surface area contributed by atoms with Crippen molar-refractivity contribution in [2.24, 2.45) is 17.0 Å². The zero-order valence-electron chi connectivity index (χ0n) is 13.1. The van der Waals surface area contributed by atoms with Crippen LogP contribution >= 0.6 is 0 Å². The number of hydrogen-bond acceptors (Lipinski definition) is 3. The molecule has 5 nitrogen and oxygen atoms in total. The number of rotatable bonds is 4. The van der Waals surface area contributed by atoms with E-state index in [0.29, 0.717) is 5.92 Å². The fourth-order valence-electron chi connectivity index (χ4n) is 3.05. The minimum Gasteiger partial charge on any atom is -0.349 e. The van der Waals surface area contributed by atoms with Crippen molar-refractivity contribution in [1.82, 2.24) is 5.32 Å². The third-order valence-electron chi connectivity index (χ3n) is 4.35. The van der Waals surface area contributed by atoms with Crippen LogP contribution in [-0.2, 0) is 14.8 Å². The fraction of sp³-hybridized carbons (Fsp3) is 0.562. The third-order valence-corrected chi connectivity index (χ3v) is 5.26. The van der Waals surface area contributed by atoms with Crippen LogP contribution < -0.4 is 10.5 Å². The Morgan fingerprint density at radius 3 is 2.73 bits per heavy atom. The lowest BCUT2D eigenvalue weighted by atomic mass is 9.82. The fourth-order valence-corrected chi connectivity index (χ4v) is 3.62. The SMILES string of the molecule is C[C@@H]1CCC[C@H](C(=O)N[C@@H](C)c2cccc(S(N)(=O)=O)c2)C1. The summed E-state index contributed by atoms with van der Waals surface area (Å²) < 4.78 is 22.8. The van der Waals surface area contributed by atoms with E-state index >= 15 is 0 Å². The van der Waals surface area contributed by atoms with Crippen molar-refractivity contribution in [3.05, 3.63) is 29.8 Å². The molecule has 2 rings (SSSR count). The summed E-state index contributed by atoms with van der Waals surface area (Å²) in [6.07, 6.45) is 4.14. The van der Waals surface area contributed by atoms with Crippen molar-refractivity contribution in [3.63, 3.8) is 0 Å². The highest BCUT2D eigenvalue weighted by Gasteiger charge is 2.26. The molecule has 122 valence electrons. The molecule has 0 unspecified atom stereocenters. The highest BCUT2D eigenvalue weighted by Crippen LogP contribution is 2.29. The molecule has 1 aliphatic rings. The molecule has 0 heterocycles. The normalized spacial score (nSPS) is 23.8. The second-order valence-corrected chi connectivity index (χ2v) is 7.88. The van der Waals surface area contributed by atoms with E-state index in [-0.39, 0.29) is 22.8 Å². The van der Waals surface area contributed by atoms with E-state index in [0.717, 1.165) is 24.8 Å². The third kappa shape index (κ3) is 4.30. The van der Waals surface area contributed by atoms with Gasteiger partial charge in [0, 0.05) is 5.92 Å². The number of amides is 1. The van der Waals surface area contributed by atoms with E-state index < -0.39 is 10.0 Å². The van der Waals surface area contributed by atoms with Crippen LogP contribution in [0, 0.1) is 11.8 Å². The smallest absolute Gasteiger partial charge is 0.238 e. The molecule has 1 amide bonds. The monoisotopic (exact) mass is 324 g/mol. The molecule has 1 aromatic rings. The van der Waals surface area contributed by atoms with Crippen LogP contribution in [0.1, 0.15) is 51.1 Å². The molecule has 1 aromatic carbocycles. The highest BCUT2D eigenvalue weighted by molar-refractivity contribution is 7.89. The van der Waals surface area contributed by atoms with Gasteiger partial charge in [-0.05, 0) is 43.4 Å². The average molecular weight is 324 g/mol. The van der Waals surface area contributed by atoms with E-state index in [9.17, 15) is 13.2 Å². The van der Waals surface area contributed by atoms with Crippen LogP contribution in [0.5, 0.6) is 0 Å². The number of nitrogens with two attached hydrogens (primary N) is 1. The molecule has 3 N–H and O–H groups in total. The van der Waals surface area contributed by atoms with Crippen molar-refractivity contribution < 1.29 is 13.2 Å². The molecule has 1 fully saturated rings. The zero-order valence-corrected chi connectivity index (χ0v) is 13.9. The zero-order chi connectivity index (χ0) is 16.3. The molecule has 0 aliphatic heterocycles. The van der Waals surface area contributed by atoms with Gasteiger partial charge in [-0.3, -0.25) is 4.79 Å². The molecule has 0 bridgehead atoms. The topological polar surface area (TPSA) is 89.3 Å². The molecule has 1 aliphatic carbocycles.